The number of carbonyl (C=O) groups excluding carboxylic acids is 3. The zero-order chi connectivity index (χ0) is 23.4. The molecule has 8 heteroatoms. The Morgan fingerprint density at radius 2 is 1.58 bits per heavy atom. The van der Waals surface area contributed by atoms with Crippen LogP contribution in [0.15, 0.2) is 72.8 Å². The quantitative estimate of drug-likeness (QED) is 0.596. The minimum absolute atomic E-state index is 0.00250. The highest BCUT2D eigenvalue weighted by molar-refractivity contribution is 6.05. The highest BCUT2D eigenvalue weighted by atomic mass is 19.1. The summed E-state index contributed by atoms with van der Waals surface area (Å²) in [4.78, 5) is 38.7. The summed E-state index contributed by atoms with van der Waals surface area (Å²) in [5, 5.41) is 5.55. The molecule has 3 aromatic rings. The zero-order valence-electron chi connectivity index (χ0n) is 17.9. The Bertz CT molecular complexity index is 1180. The number of amides is 3. The van der Waals surface area contributed by atoms with E-state index in [0.717, 1.165) is 0 Å². The molecule has 3 aromatic carbocycles. The van der Waals surface area contributed by atoms with Crippen LogP contribution in [0.1, 0.15) is 16.8 Å². The van der Waals surface area contributed by atoms with Crippen LogP contribution < -0.4 is 20.3 Å². The van der Waals surface area contributed by atoms with Gasteiger partial charge in [0.2, 0.25) is 11.8 Å². The maximum Gasteiger partial charge on any atom is 0.255 e. The van der Waals surface area contributed by atoms with E-state index in [2.05, 4.69) is 10.6 Å². The minimum Gasteiger partial charge on any atom is -0.497 e. The van der Waals surface area contributed by atoms with Crippen molar-refractivity contribution in [3.05, 3.63) is 84.2 Å². The lowest BCUT2D eigenvalue weighted by Crippen LogP contribution is -2.28. The van der Waals surface area contributed by atoms with Gasteiger partial charge in [-0.1, -0.05) is 12.1 Å². The van der Waals surface area contributed by atoms with Gasteiger partial charge < -0.3 is 20.3 Å². The molecule has 0 bridgehead atoms. The van der Waals surface area contributed by atoms with Crippen LogP contribution in [0.3, 0.4) is 0 Å². The molecule has 0 saturated carbocycles. The molecule has 1 aliphatic rings. The van der Waals surface area contributed by atoms with Crippen LogP contribution >= 0.6 is 0 Å². The van der Waals surface area contributed by atoms with E-state index in [9.17, 15) is 18.8 Å². The number of para-hydroxylation sites is 1. The molecule has 0 aliphatic carbocycles. The van der Waals surface area contributed by atoms with E-state index in [1.807, 2.05) is 0 Å². The number of rotatable bonds is 6. The van der Waals surface area contributed by atoms with Crippen molar-refractivity contribution >= 4 is 34.8 Å². The molecule has 1 atom stereocenters. The van der Waals surface area contributed by atoms with Gasteiger partial charge >= 0.3 is 0 Å². The van der Waals surface area contributed by atoms with Gasteiger partial charge in [-0.05, 0) is 60.7 Å². The molecule has 0 spiro atoms. The molecule has 168 valence electrons. The van der Waals surface area contributed by atoms with Gasteiger partial charge in [-0.15, -0.1) is 0 Å². The SMILES string of the molecule is COc1ccc(NC(=O)c2ccc(NC(=O)C3CC(=O)N(c4ccccc4F)C3)cc2)cc1. The summed E-state index contributed by atoms with van der Waals surface area (Å²) in [5.41, 5.74) is 1.72. The minimum atomic E-state index is -0.602. The second-order valence-electron chi connectivity index (χ2n) is 7.61. The maximum atomic E-state index is 14.0. The molecule has 0 aromatic heterocycles. The third kappa shape index (κ3) is 5.01. The van der Waals surface area contributed by atoms with E-state index in [4.69, 9.17) is 4.74 Å². The van der Waals surface area contributed by atoms with Crippen molar-refractivity contribution < 1.29 is 23.5 Å². The molecule has 4 rings (SSSR count). The summed E-state index contributed by atoms with van der Waals surface area (Å²) in [7, 11) is 1.57. The van der Waals surface area contributed by atoms with Crippen LogP contribution in [0.2, 0.25) is 0 Å². The number of hydrogen-bond donors (Lipinski definition) is 2. The van der Waals surface area contributed by atoms with Crippen LogP contribution in [0.25, 0.3) is 0 Å². The second-order valence-corrected chi connectivity index (χ2v) is 7.61. The van der Waals surface area contributed by atoms with Gasteiger partial charge in [0.15, 0.2) is 0 Å². The second kappa shape index (κ2) is 9.52. The first-order valence-corrected chi connectivity index (χ1v) is 10.4. The van der Waals surface area contributed by atoms with Gasteiger partial charge in [-0.2, -0.15) is 0 Å². The molecule has 2 N–H and O–H groups in total. The number of anilines is 3. The average Bonchev–Trinajstić information content (AvgIpc) is 3.22. The smallest absolute Gasteiger partial charge is 0.255 e. The van der Waals surface area contributed by atoms with Gasteiger partial charge in [-0.25, -0.2) is 4.39 Å². The van der Waals surface area contributed by atoms with Crippen molar-refractivity contribution in [3.8, 4) is 5.75 Å². The summed E-state index contributed by atoms with van der Waals surface area (Å²) in [6, 6.07) is 19.4. The molecule has 3 amide bonds. The average molecular weight is 447 g/mol. The summed E-state index contributed by atoms with van der Waals surface area (Å²) in [6.45, 7) is 0.105. The first-order valence-electron chi connectivity index (χ1n) is 10.4. The van der Waals surface area contributed by atoms with Crippen molar-refractivity contribution in [1.29, 1.82) is 0 Å². The Morgan fingerprint density at radius 1 is 0.939 bits per heavy atom. The number of benzene rings is 3. The van der Waals surface area contributed by atoms with Gasteiger partial charge in [0, 0.05) is 29.9 Å². The lowest BCUT2D eigenvalue weighted by atomic mass is 10.1. The number of ether oxygens (including phenoxy) is 1. The summed E-state index contributed by atoms with van der Waals surface area (Å²) >= 11 is 0. The highest BCUT2D eigenvalue weighted by Gasteiger charge is 2.36. The highest BCUT2D eigenvalue weighted by Crippen LogP contribution is 2.28. The topological polar surface area (TPSA) is 87.7 Å². The van der Waals surface area contributed by atoms with Gasteiger partial charge in [0.25, 0.3) is 5.91 Å². The normalized spacial score (nSPS) is 15.3. The van der Waals surface area contributed by atoms with Crippen LogP contribution in [-0.2, 0) is 9.59 Å². The Balaban J connectivity index is 1.35. The molecule has 33 heavy (non-hydrogen) atoms. The molecule has 1 saturated heterocycles. The largest absolute Gasteiger partial charge is 0.497 e. The standard InChI is InChI=1S/C25H22FN3O4/c1-33-20-12-10-19(11-13-20)27-24(31)16-6-8-18(9-7-16)28-25(32)17-14-23(30)29(15-17)22-5-3-2-4-21(22)26/h2-13,17H,14-15H2,1H3,(H,27,31)(H,28,32). The molecule has 1 unspecified atom stereocenters. The van der Waals surface area contributed by atoms with E-state index in [1.165, 1.54) is 17.0 Å². The monoisotopic (exact) mass is 447 g/mol. The number of methoxy groups -OCH3 is 1. The number of carbonyl (C=O) groups is 3. The Hall–Kier alpha value is -4.20. The zero-order valence-corrected chi connectivity index (χ0v) is 17.9. The number of nitrogens with zero attached hydrogens (tertiary/aromatic N) is 1. The van der Waals surface area contributed by atoms with E-state index in [0.29, 0.717) is 22.7 Å². The fraction of sp³-hybridized carbons (Fsp3) is 0.160. The molecular formula is C25H22FN3O4. The van der Waals surface area contributed by atoms with Crippen molar-refractivity contribution in [2.45, 2.75) is 6.42 Å². The van der Waals surface area contributed by atoms with E-state index in [-0.39, 0.29) is 36.4 Å². The van der Waals surface area contributed by atoms with Crippen LogP contribution in [0.4, 0.5) is 21.5 Å². The van der Waals surface area contributed by atoms with Crippen molar-refractivity contribution in [2.75, 3.05) is 29.2 Å². The first-order chi connectivity index (χ1) is 15.9. The van der Waals surface area contributed by atoms with Crippen molar-refractivity contribution in [1.82, 2.24) is 0 Å². The summed E-state index contributed by atoms with van der Waals surface area (Å²) in [6.07, 6.45) is 0.00250. The van der Waals surface area contributed by atoms with Crippen LogP contribution in [-0.4, -0.2) is 31.4 Å². The van der Waals surface area contributed by atoms with E-state index < -0.39 is 11.7 Å². The van der Waals surface area contributed by atoms with Crippen molar-refractivity contribution in [3.63, 3.8) is 0 Å². The molecule has 0 radical (unpaired) electrons. The predicted octanol–water partition coefficient (Wildman–Crippen LogP) is 4.08. The lowest BCUT2D eigenvalue weighted by Gasteiger charge is -2.17. The Morgan fingerprint density at radius 3 is 2.24 bits per heavy atom. The van der Waals surface area contributed by atoms with Gasteiger partial charge in [0.05, 0.1) is 18.7 Å². The third-order valence-corrected chi connectivity index (χ3v) is 5.40. The van der Waals surface area contributed by atoms with E-state index >= 15 is 0 Å². The Labute approximate surface area is 190 Å². The Kier molecular flexibility index (Phi) is 6.35. The number of halogens is 1. The van der Waals surface area contributed by atoms with E-state index in [1.54, 1.807) is 67.8 Å². The van der Waals surface area contributed by atoms with Crippen LogP contribution in [0, 0.1) is 11.7 Å². The first kappa shape index (κ1) is 22.0. The summed E-state index contributed by atoms with van der Waals surface area (Å²) < 4.78 is 19.1. The number of nitrogens with one attached hydrogen (secondary N) is 2. The van der Waals surface area contributed by atoms with Crippen molar-refractivity contribution in [2.24, 2.45) is 5.92 Å². The summed E-state index contributed by atoms with van der Waals surface area (Å²) in [5.74, 6) is -1.34. The molecule has 7 nitrogen and oxygen atoms in total. The number of hydrogen-bond acceptors (Lipinski definition) is 4. The molecule has 1 heterocycles. The van der Waals surface area contributed by atoms with Gasteiger partial charge in [-0.3, -0.25) is 14.4 Å². The molecule has 1 fully saturated rings. The maximum absolute atomic E-state index is 14.0. The fourth-order valence-corrected chi connectivity index (χ4v) is 3.61. The van der Waals surface area contributed by atoms with Crippen LogP contribution in [0.5, 0.6) is 5.75 Å². The third-order valence-electron chi connectivity index (χ3n) is 5.40. The predicted molar refractivity (Wildman–Crippen MR) is 123 cm³/mol. The molecule has 1 aliphatic heterocycles. The molecular weight excluding hydrogens is 425 g/mol. The fourth-order valence-electron chi connectivity index (χ4n) is 3.61. The lowest BCUT2D eigenvalue weighted by molar-refractivity contribution is -0.122. The van der Waals surface area contributed by atoms with Gasteiger partial charge in [0.1, 0.15) is 11.6 Å².